The molecule has 1 N–H and O–H groups in total. The van der Waals surface area contributed by atoms with Crippen LogP contribution in [0.2, 0.25) is 0 Å². The van der Waals surface area contributed by atoms with E-state index in [1.807, 2.05) is 6.92 Å². The number of terminal acetylenes is 1. The summed E-state index contributed by atoms with van der Waals surface area (Å²) in [5.74, 6) is 1.13. The van der Waals surface area contributed by atoms with Gasteiger partial charge in [0, 0.05) is 6.54 Å². The zero-order valence-corrected chi connectivity index (χ0v) is 9.53. The number of carboxylic acids is 1. The van der Waals surface area contributed by atoms with E-state index in [9.17, 15) is 14.7 Å². The van der Waals surface area contributed by atoms with E-state index in [1.54, 1.807) is 0 Å². The van der Waals surface area contributed by atoms with Gasteiger partial charge in [0.05, 0.1) is 6.42 Å². The maximum absolute atomic E-state index is 11.8. The molecule has 4 nitrogen and oxygen atoms in total. The molecule has 1 aliphatic rings. The molecular formula is C12H17NO3. The fourth-order valence-electron chi connectivity index (χ4n) is 2.43. The van der Waals surface area contributed by atoms with Crippen LogP contribution < -0.4 is 0 Å². The minimum absolute atomic E-state index is 0.0151. The van der Waals surface area contributed by atoms with Crippen molar-refractivity contribution in [3.05, 3.63) is 0 Å². The average Bonchev–Trinajstić information content (AvgIpc) is 2.64. The molecule has 0 spiro atoms. The fraction of sp³-hybridized carbons (Fsp3) is 0.667. The van der Waals surface area contributed by atoms with Crippen molar-refractivity contribution < 1.29 is 14.7 Å². The molecule has 1 fully saturated rings. The Balaban J connectivity index is 2.94. The van der Waals surface area contributed by atoms with Crippen molar-refractivity contribution in [2.45, 2.75) is 44.6 Å². The zero-order chi connectivity index (χ0) is 12.2. The van der Waals surface area contributed by atoms with E-state index < -0.39 is 11.5 Å². The molecule has 0 saturated carbocycles. The van der Waals surface area contributed by atoms with Gasteiger partial charge in [-0.25, -0.2) is 4.79 Å². The smallest absolute Gasteiger partial charge is 0.329 e. The summed E-state index contributed by atoms with van der Waals surface area (Å²) in [6, 6.07) is 0. The average molecular weight is 223 g/mol. The molecule has 16 heavy (non-hydrogen) atoms. The Labute approximate surface area is 95.6 Å². The quantitative estimate of drug-likeness (QED) is 0.730. The van der Waals surface area contributed by atoms with Gasteiger partial charge < -0.3 is 10.0 Å². The SMILES string of the molecule is C#CCC(=O)N1CCCC1(CCC)C(=O)O. The summed E-state index contributed by atoms with van der Waals surface area (Å²) >= 11 is 0. The summed E-state index contributed by atoms with van der Waals surface area (Å²) in [6.07, 6.45) is 7.59. The molecule has 1 rings (SSSR count). The molecule has 0 aromatic heterocycles. The summed E-state index contributed by atoms with van der Waals surface area (Å²) in [5.41, 5.74) is -1.01. The van der Waals surface area contributed by atoms with Crippen molar-refractivity contribution in [1.82, 2.24) is 4.90 Å². The Morgan fingerprint density at radius 1 is 1.56 bits per heavy atom. The van der Waals surface area contributed by atoms with Gasteiger partial charge in [-0.3, -0.25) is 4.79 Å². The van der Waals surface area contributed by atoms with Crippen molar-refractivity contribution in [2.75, 3.05) is 6.54 Å². The van der Waals surface area contributed by atoms with Crippen molar-refractivity contribution in [1.29, 1.82) is 0 Å². The minimum atomic E-state index is -1.01. The third-order valence-electron chi connectivity index (χ3n) is 3.10. The molecule has 0 aromatic carbocycles. The van der Waals surface area contributed by atoms with Gasteiger partial charge in [0.15, 0.2) is 0 Å². The Hall–Kier alpha value is -1.50. The van der Waals surface area contributed by atoms with E-state index in [2.05, 4.69) is 5.92 Å². The van der Waals surface area contributed by atoms with Crippen molar-refractivity contribution in [2.24, 2.45) is 0 Å². The molecule has 1 saturated heterocycles. The normalized spacial score (nSPS) is 24.1. The first kappa shape index (κ1) is 12.6. The van der Waals surface area contributed by atoms with Gasteiger partial charge in [-0.15, -0.1) is 6.42 Å². The van der Waals surface area contributed by atoms with E-state index in [1.165, 1.54) is 4.90 Å². The number of hydrogen-bond donors (Lipinski definition) is 1. The van der Waals surface area contributed by atoms with Gasteiger partial charge in [0.2, 0.25) is 5.91 Å². The first-order valence-corrected chi connectivity index (χ1v) is 5.56. The van der Waals surface area contributed by atoms with Crippen LogP contribution in [-0.2, 0) is 9.59 Å². The predicted octanol–water partition coefficient (Wildman–Crippen LogP) is 1.26. The van der Waals surface area contributed by atoms with E-state index in [-0.39, 0.29) is 12.3 Å². The monoisotopic (exact) mass is 223 g/mol. The fourth-order valence-corrected chi connectivity index (χ4v) is 2.43. The van der Waals surface area contributed by atoms with Crippen LogP contribution in [0.4, 0.5) is 0 Å². The van der Waals surface area contributed by atoms with Crippen LogP contribution in [0, 0.1) is 12.3 Å². The largest absolute Gasteiger partial charge is 0.479 e. The Morgan fingerprint density at radius 2 is 2.25 bits per heavy atom. The first-order valence-electron chi connectivity index (χ1n) is 5.56. The summed E-state index contributed by atoms with van der Waals surface area (Å²) in [4.78, 5) is 24.6. The molecule has 0 bridgehead atoms. The van der Waals surface area contributed by atoms with Crippen LogP contribution in [0.5, 0.6) is 0 Å². The van der Waals surface area contributed by atoms with Crippen LogP contribution >= 0.6 is 0 Å². The molecule has 1 heterocycles. The van der Waals surface area contributed by atoms with Gasteiger partial charge in [0.25, 0.3) is 0 Å². The first-order chi connectivity index (χ1) is 7.58. The Kier molecular flexibility index (Phi) is 3.94. The van der Waals surface area contributed by atoms with Crippen LogP contribution in [0.3, 0.4) is 0 Å². The van der Waals surface area contributed by atoms with Crippen LogP contribution in [0.25, 0.3) is 0 Å². The van der Waals surface area contributed by atoms with Crippen LogP contribution in [0.15, 0.2) is 0 Å². The Bertz CT molecular complexity index is 332. The molecule has 88 valence electrons. The number of rotatable bonds is 4. The maximum atomic E-state index is 11.8. The third-order valence-corrected chi connectivity index (χ3v) is 3.10. The van der Waals surface area contributed by atoms with Gasteiger partial charge in [-0.1, -0.05) is 19.3 Å². The molecule has 1 unspecified atom stereocenters. The summed E-state index contributed by atoms with van der Waals surface area (Å²) in [6.45, 7) is 2.43. The third kappa shape index (κ3) is 2.04. The maximum Gasteiger partial charge on any atom is 0.329 e. The van der Waals surface area contributed by atoms with E-state index in [0.717, 1.165) is 12.8 Å². The topological polar surface area (TPSA) is 57.6 Å². The second-order valence-electron chi connectivity index (χ2n) is 4.12. The lowest BCUT2D eigenvalue weighted by molar-refractivity contribution is -0.156. The standard InChI is InChI=1S/C12H17NO3/c1-3-6-10(14)13-9-5-8-12(13,7-4-2)11(15)16/h1H,4-9H2,2H3,(H,15,16). The summed E-state index contributed by atoms with van der Waals surface area (Å²) in [7, 11) is 0. The van der Waals surface area contributed by atoms with E-state index in [4.69, 9.17) is 6.42 Å². The number of aliphatic carboxylic acids is 1. The van der Waals surface area contributed by atoms with Crippen molar-refractivity contribution in [3.8, 4) is 12.3 Å². The number of carboxylic acid groups (broad SMARTS) is 1. The number of carbonyl (C=O) groups is 2. The van der Waals surface area contributed by atoms with Crippen LogP contribution in [0.1, 0.15) is 39.0 Å². The number of amides is 1. The van der Waals surface area contributed by atoms with Gasteiger partial charge in [-0.2, -0.15) is 0 Å². The zero-order valence-electron chi connectivity index (χ0n) is 9.53. The van der Waals surface area contributed by atoms with Gasteiger partial charge in [-0.05, 0) is 19.3 Å². The molecule has 1 amide bonds. The number of nitrogens with zero attached hydrogens (tertiary/aromatic N) is 1. The molecule has 0 aromatic rings. The number of hydrogen-bond acceptors (Lipinski definition) is 2. The highest BCUT2D eigenvalue weighted by molar-refractivity contribution is 5.88. The number of likely N-dealkylation sites (tertiary alicyclic amines) is 1. The van der Waals surface area contributed by atoms with E-state index >= 15 is 0 Å². The second-order valence-corrected chi connectivity index (χ2v) is 4.12. The lowest BCUT2D eigenvalue weighted by Gasteiger charge is -2.34. The molecule has 4 heteroatoms. The van der Waals surface area contributed by atoms with Crippen LogP contribution in [-0.4, -0.2) is 34.0 Å². The molecule has 1 atom stereocenters. The second kappa shape index (κ2) is 5.02. The molecular weight excluding hydrogens is 206 g/mol. The summed E-state index contributed by atoms with van der Waals surface area (Å²) in [5, 5.41) is 9.34. The molecule has 0 radical (unpaired) electrons. The highest BCUT2D eigenvalue weighted by Gasteiger charge is 2.48. The minimum Gasteiger partial charge on any atom is -0.479 e. The molecule has 0 aliphatic carbocycles. The van der Waals surface area contributed by atoms with E-state index in [0.29, 0.717) is 19.4 Å². The highest BCUT2D eigenvalue weighted by atomic mass is 16.4. The lowest BCUT2D eigenvalue weighted by atomic mass is 9.90. The van der Waals surface area contributed by atoms with Gasteiger partial charge >= 0.3 is 5.97 Å². The lowest BCUT2D eigenvalue weighted by Crippen LogP contribution is -2.52. The predicted molar refractivity (Wildman–Crippen MR) is 59.7 cm³/mol. The highest BCUT2D eigenvalue weighted by Crippen LogP contribution is 2.34. The van der Waals surface area contributed by atoms with Crippen molar-refractivity contribution >= 4 is 11.9 Å². The van der Waals surface area contributed by atoms with Gasteiger partial charge in [0.1, 0.15) is 5.54 Å². The summed E-state index contributed by atoms with van der Waals surface area (Å²) < 4.78 is 0. The number of carbonyl (C=O) groups excluding carboxylic acids is 1. The van der Waals surface area contributed by atoms with Crippen molar-refractivity contribution in [3.63, 3.8) is 0 Å². The Morgan fingerprint density at radius 3 is 2.75 bits per heavy atom. The molecule has 1 aliphatic heterocycles.